The second kappa shape index (κ2) is 5.38. The van der Waals surface area contributed by atoms with Gasteiger partial charge in [-0.25, -0.2) is 9.78 Å². The van der Waals surface area contributed by atoms with Gasteiger partial charge in [0.25, 0.3) is 0 Å². The van der Waals surface area contributed by atoms with E-state index in [9.17, 15) is 4.79 Å². The van der Waals surface area contributed by atoms with E-state index >= 15 is 0 Å². The van der Waals surface area contributed by atoms with Crippen molar-refractivity contribution in [3.05, 3.63) is 34.8 Å². The largest absolute Gasteiger partial charge is 0.454 e. The number of nitrogens with zero attached hydrogens (tertiary/aromatic N) is 1. The highest BCUT2D eigenvalue weighted by Crippen LogP contribution is 2.32. The van der Waals surface area contributed by atoms with Crippen molar-refractivity contribution in [2.45, 2.75) is 13.5 Å². The molecule has 0 saturated carbocycles. The van der Waals surface area contributed by atoms with E-state index in [-0.39, 0.29) is 12.8 Å². The minimum atomic E-state index is -0.281. The van der Waals surface area contributed by atoms with Gasteiger partial charge in [-0.05, 0) is 24.6 Å². The molecule has 1 aromatic carbocycles. The summed E-state index contributed by atoms with van der Waals surface area (Å²) in [7, 11) is 0. The molecule has 2 amide bonds. The zero-order valence-corrected chi connectivity index (χ0v) is 11.6. The highest BCUT2D eigenvalue weighted by Gasteiger charge is 2.13. The van der Waals surface area contributed by atoms with E-state index in [4.69, 9.17) is 9.47 Å². The van der Waals surface area contributed by atoms with Gasteiger partial charge in [0.05, 0.1) is 0 Å². The van der Waals surface area contributed by atoms with Gasteiger partial charge >= 0.3 is 6.03 Å². The quantitative estimate of drug-likeness (QED) is 0.911. The summed E-state index contributed by atoms with van der Waals surface area (Å²) < 4.78 is 10.5. The number of benzene rings is 1. The summed E-state index contributed by atoms with van der Waals surface area (Å²) in [5, 5.41) is 6.04. The van der Waals surface area contributed by atoms with Gasteiger partial charge in [0.15, 0.2) is 16.6 Å². The number of anilines is 1. The SMILES string of the molecule is Cc1cnc(NC(=O)NCc2ccc3c(c2)OCO3)s1. The van der Waals surface area contributed by atoms with Gasteiger partial charge in [-0.1, -0.05) is 6.07 Å². The summed E-state index contributed by atoms with van der Waals surface area (Å²) in [5.74, 6) is 1.44. The molecule has 0 atom stereocenters. The van der Waals surface area contributed by atoms with E-state index in [2.05, 4.69) is 15.6 Å². The number of ether oxygens (including phenoxy) is 2. The maximum absolute atomic E-state index is 11.7. The molecule has 6 nitrogen and oxygen atoms in total. The molecule has 1 aliphatic rings. The minimum Gasteiger partial charge on any atom is -0.454 e. The highest BCUT2D eigenvalue weighted by atomic mass is 32.1. The van der Waals surface area contributed by atoms with Crippen molar-refractivity contribution in [3.63, 3.8) is 0 Å². The van der Waals surface area contributed by atoms with Crippen LogP contribution in [-0.4, -0.2) is 17.8 Å². The Morgan fingerprint density at radius 2 is 2.25 bits per heavy atom. The summed E-state index contributed by atoms with van der Waals surface area (Å²) in [5.41, 5.74) is 0.944. The van der Waals surface area contributed by atoms with E-state index < -0.39 is 0 Å². The van der Waals surface area contributed by atoms with E-state index in [0.717, 1.165) is 16.2 Å². The molecule has 0 radical (unpaired) electrons. The first-order chi connectivity index (χ1) is 9.70. The number of aromatic nitrogens is 1. The van der Waals surface area contributed by atoms with Crippen molar-refractivity contribution in [1.29, 1.82) is 0 Å². The Kier molecular flexibility index (Phi) is 3.42. The summed E-state index contributed by atoms with van der Waals surface area (Å²) in [6.45, 7) is 2.59. The number of nitrogens with one attached hydrogen (secondary N) is 2. The average molecular weight is 291 g/mol. The first-order valence-electron chi connectivity index (χ1n) is 6.06. The van der Waals surface area contributed by atoms with Gasteiger partial charge in [0.1, 0.15) is 0 Å². The predicted octanol–water partition coefficient (Wildman–Crippen LogP) is 2.50. The van der Waals surface area contributed by atoms with E-state index in [0.29, 0.717) is 17.4 Å². The van der Waals surface area contributed by atoms with Gasteiger partial charge in [0.2, 0.25) is 6.79 Å². The standard InChI is InChI=1S/C13H13N3O3S/c1-8-5-15-13(20-8)16-12(17)14-6-9-2-3-10-11(4-9)19-7-18-10/h2-5H,6-7H2,1H3,(H2,14,15,16,17). The lowest BCUT2D eigenvalue weighted by Gasteiger charge is -2.06. The number of aryl methyl sites for hydroxylation is 1. The van der Waals surface area contributed by atoms with Crippen LogP contribution in [0.3, 0.4) is 0 Å². The molecule has 1 aliphatic heterocycles. The van der Waals surface area contributed by atoms with Crippen molar-refractivity contribution in [3.8, 4) is 11.5 Å². The monoisotopic (exact) mass is 291 g/mol. The lowest BCUT2D eigenvalue weighted by molar-refractivity contribution is 0.174. The number of fused-ring (bicyclic) bond motifs is 1. The number of hydrogen-bond acceptors (Lipinski definition) is 5. The van der Waals surface area contributed by atoms with Crippen LogP contribution in [0.4, 0.5) is 9.93 Å². The van der Waals surface area contributed by atoms with Crippen molar-refractivity contribution in [2.24, 2.45) is 0 Å². The molecule has 3 rings (SSSR count). The molecule has 0 spiro atoms. The third kappa shape index (κ3) is 2.83. The fourth-order valence-corrected chi connectivity index (χ4v) is 2.45. The Morgan fingerprint density at radius 1 is 1.40 bits per heavy atom. The molecule has 0 fully saturated rings. The minimum absolute atomic E-state index is 0.246. The third-order valence-electron chi connectivity index (χ3n) is 2.73. The van der Waals surface area contributed by atoms with Gasteiger partial charge in [-0.3, -0.25) is 5.32 Å². The maximum Gasteiger partial charge on any atom is 0.321 e. The summed E-state index contributed by atoms with van der Waals surface area (Å²) in [6, 6.07) is 5.30. The number of rotatable bonds is 3. The van der Waals surface area contributed by atoms with E-state index in [1.54, 1.807) is 6.20 Å². The molecular formula is C13H13N3O3S. The topological polar surface area (TPSA) is 72.5 Å². The molecule has 20 heavy (non-hydrogen) atoms. The van der Waals surface area contributed by atoms with Crippen molar-refractivity contribution < 1.29 is 14.3 Å². The van der Waals surface area contributed by atoms with Crippen LogP contribution in [-0.2, 0) is 6.54 Å². The predicted molar refractivity (Wildman–Crippen MR) is 75.3 cm³/mol. The Balaban J connectivity index is 1.55. The number of thiazole rings is 1. The number of urea groups is 1. The van der Waals surface area contributed by atoms with Gasteiger partial charge in [-0.15, -0.1) is 11.3 Å². The van der Waals surface area contributed by atoms with Crippen LogP contribution < -0.4 is 20.1 Å². The van der Waals surface area contributed by atoms with Crippen molar-refractivity contribution in [2.75, 3.05) is 12.1 Å². The summed E-state index contributed by atoms with van der Waals surface area (Å²) in [6.07, 6.45) is 1.72. The molecule has 2 N–H and O–H groups in total. The summed E-state index contributed by atoms with van der Waals surface area (Å²) in [4.78, 5) is 16.8. The molecule has 0 bridgehead atoms. The van der Waals surface area contributed by atoms with Crippen LogP contribution in [0.5, 0.6) is 11.5 Å². The second-order valence-electron chi connectivity index (χ2n) is 4.27. The van der Waals surface area contributed by atoms with E-state index in [1.807, 2.05) is 25.1 Å². The first-order valence-corrected chi connectivity index (χ1v) is 6.88. The lowest BCUT2D eigenvalue weighted by Crippen LogP contribution is -2.28. The van der Waals surface area contributed by atoms with Crippen molar-refractivity contribution in [1.82, 2.24) is 10.3 Å². The van der Waals surface area contributed by atoms with Crippen LogP contribution in [0.2, 0.25) is 0 Å². The number of carbonyl (C=O) groups is 1. The van der Waals surface area contributed by atoms with Crippen LogP contribution >= 0.6 is 11.3 Å². The lowest BCUT2D eigenvalue weighted by atomic mass is 10.2. The maximum atomic E-state index is 11.7. The number of amides is 2. The zero-order valence-electron chi connectivity index (χ0n) is 10.8. The molecule has 104 valence electrons. The van der Waals surface area contributed by atoms with Gasteiger partial charge < -0.3 is 14.8 Å². The van der Waals surface area contributed by atoms with Crippen molar-refractivity contribution >= 4 is 22.5 Å². The molecule has 1 aromatic heterocycles. The normalized spacial score (nSPS) is 12.2. The molecule has 0 aliphatic carbocycles. The second-order valence-corrected chi connectivity index (χ2v) is 5.51. The highest BCUT2D eigenvalue weighted by molar-refractivity contribution is 7.15. The molecule has 7 heteroatoms. The van der Waals surface area contributed by atoms with Gasteiger partial charge in [-0.2, -0.15) is 0 Å². The average Bonchev–Trinajstić information content (AvgIpc) is 3.04. The molecule has 0 saturated heterocycles. The van der Waals surface area contributed by atoms with Crippen LogP contribution in [0, 0.1) is 6.92 Å². The number of carbonyl (C=O) groups excluding carboxylic acids is 1. The van der Waals surface area contributed by atoms with Crippen LogP contribution in [0.25, 0.3) is 0 Å². The zero-order chi connectivity index (χ0) is 13.9. The Bertz CT molecular complexity index is 642. The Labute approximate surface area is 119 Å². The van der Waals surface area contributed by atoms with Crippen LogP contribution in [0.1, 0.15) is 10.4 Å². The van der Waals surface area contributed by atoms with Crippen LogP contribution in [0.15, 0.2) is 24.4 Å². The molecule has 2 aromatic rings. The molecular weight excluding hydrogens is 278 g/mol. The Hall–Kier alpha value is -2.28. The fourth-order valence-electron chi connectivity index (χ4n) is 1.79. The smallest absolute Gasteiger partial charge is 0.321 e. The van der Waals surface area contributed by atoms with Gasteiger partial charge in [0, 0.05) is 17.6 Å². The fraction of sp³-hybridized carbons (Fsp3) is 0.231. The molecule has 2 heterocycles. The third-order valence-corrected chi connectivity index (χ3v) is 3.56. The first kappa shape index (κ1) is 12.7. The van der Waals surface area contributed by atoms with E-state index in [1.165, 1.54) is 11.3 Å². The number of hydrogen-bond donors (Lipinski definition) is 2. The molecule has 0 unspecified atom stereocenters. The summed E-state index contributed by atoms with van der Waals surface area (Å²) >= 11 is 1.43. The Morgan fingerprint density at radius 3 is 3.05 bits per heavy atom.